The maximum absolute atomic E-state index is 13.1. The van der Waals surface area contributed by atoms with Crippen LogP contribution in [0.5, 0.6) is 5.75 Å². The van der Waals surface area contributed by atoms with E-state index in [0.29, 0.717) is 0 Å². The Balaban J connectivity index is 2.44. The van der Waals surface area contributed by atoms with Crippen molar-refractivity contribution < 1.29 is 18.3 Å². The minimum absolute atomic E-state index is 0.00921. The van der Waals surface area contributed by atoms with Gasteiger partial charge in [-0.1, -0.05) is 19.3 Å². The van der Waals surface area contributed by atoms with Crippen LogP contribution in [0.2, 0.25) is 0 Å². The molecule has 0 heterocycles. The van der Waals surface area contributed by atoms with Crippen LogP contribution in [0, 0.1) is 5.92 Å². The van der Waals surface area contributed by atoms with Crippen molar-refractivity contribution in [1.82, 2.24) is 0 Å². The van der Waals surface area contributed by atoms with Crippen molar-refractivity contribution in [2.24, 2.45) is 11.7 Å². The lowest BCUT2D eigenvalue weighted by atomic mass is 9.80. The first-order chi connectivity index (χ1) is 9.32. The summed E-state index contributed by atoms with van der Waals surface area (Å²) < 4.78 is 39.6. The van der Waals surface area contributed by atoms with Crippen molar-refractivity contribution in [2.45, 2.75) is 44.3 Å². The monoisotopic (exact) mass is 351 g/mol. The lowest BCUT2D eigenvalue weighted by Crippen LogP contribution is -2.26. The van der Waals surface area contributed by atoms with Crippen molar-refractivity contribution in [2.75, 3.05) is 0 Å². The van der Waals surface area contributed by atoms with Gasteiger partial charge < -0.3 is 10.8 Å². The first kappa shape index (κ1) is 15.6. The summed E-state index contributed by atoms with van der Waals surface area (Å²) in [6, 6.07) is 1.39. The van der Waals surface area contributed by atoms with Crippen molar-refractivity contribution >= 4 is 15.9 Å². The lowest BCUT2D eigenvalue weighted by Gasteiger charge is -2.30. The van der Waals surface area contributed by atoms with Crippen LogP contribution in [0.15, 0.2) is 16.6 Å². The third kappa shape index (κ3) is 3.11. The van der Waals surface area contributed by atoms with E-state index in [1.807, 2.05) is 0 Å². The second-order valence-corrected chi connectivity index (χ2v) is 6.13. The molecule has 112 valence electrons. The normalized spacial score (nSPS) is 19.1. The van der Waals surface area contributed by atoms with Gasteiger partial charge in [0.1, 0.15) is 5.75 Å². The molecule has 1 aromatic carbocycles. The highest BCUT2D eigenvalue weighted by Crippen LogP contribution is 2.45. The molecule has 1 aliphatic carbocycles. The Morgan fingerprint density at radius 1 is 1.20 bits per heavy atom. The molecule has 0 bridgehead atoms. The Labute approximate surface area is 124 Å². The van der Waals surface area contributed by atoms with Gasteiger partial charge in [0.05, 0.1) is 10.0 Å². The summed E-state index contributed by atoms with van der Waals surface area (Å²) in [6.45, 7) is 0. The first-order valence-electron chi connectivity index (χ1n) is 6.66. The molecule has 0 radical (unpaired) electrons. The van der Waals surface area contributed by atoms with Crippen LogP contribution < -0.4 is 5.73 Å². The number of benzene rings is 1. The van der Waals surface area contributed by atoms with E-state index in [4.69, 9.17) is 5.73 Å². The molecule has 2 nitrogen and oxygen atoms in total. The second kappa shape index (κ2) is 5.93. The SMILES string of the molecule is N[C@@H](c1c(C(F)(F)F)ccc(Br)c1O)C1CCCCC1. The number of phenols is 1. The molecule has 0 amide bonds. The quantitative estimate of drug-likeness (QED) is 0.807. The largest absolute Gasteiger partial charge is 0.506 e. The van der Waals surface area contributed by atoms with E-state index < -0.39 is 23.5 Å². The van der Waals surface area contributed by atoms with Crippen LogP contribution in [-0.4, -0.2) is 5.11 Å². The maximum Gasteiger partial charge on any atom is 0.416 e. The first-order valence-corrected chi connectivity index (χ1v) is 7.46. The molecule has 0 spiro atoms. The van der Waals surface area contributed by atoms with Gasteiger partial charge in [0.2, 0.25) is 0 Å². The van der Waals surface area contributed by atoms with Gasteiger partial charge in [-0.2, -0.15) is 13.2 Å². The number of phenolic OH excluding ortho intramolecular Hbond substituents is 1. The summed E-state index contributed by atoms with van der Waals surface area (Å²) in [7, 11) is 0. The Morgan fingerprint density at radius 2 is 1.80 bits per heavy atom. The third-order valence-electron chi connectivity index (χ3n) is 3.96. The standard InChI is InChI=1S/C14H17BrF3NO/c15-10-7-6-9(14(16,17)18)11(13(10)20)12(19)8-4-2-1-3-5-8/h6-8,12,20H,1-5,19H2/t12-/m1/s1. The van der Waals surface area contributed by atoms with Gasteiger partial charge in [-0.25, -0.2) is 0 Å². The van der Waals surface area contributed by atoms with Crippen LogP contribution in [-0.2, 0) is 6.18 Å². The average Bonchev–Trinajstić information content (AvgIpc) is 2.40. The predicted octanol–water partition coefficient (Wildman–Crippen LogP) is 4.75. The highest BCUT2D eigenvalue weighted by molar-refractivity contribution is 9.10. The Morgan fingerprint density at radius 3 is 2.35 bits per heavy atom. The number of rotatable bonds is 2. The molecule has 1 aliphatic rings. The third-order valence-corrected chi connectivity index (χ3v) is 4.60. The fourth-order valence-corrected chi connectivity index (χ4v) is 3.24. The van der Waals surface area contributed by atoms with E-state index in [1.54, 1.807) is 0 Å². The van der Waals surface area contributed by atoms with E-state index in [-0.39, 0.29) is 16.0 Å². The van der Waals surface area contributed by atoms with Gasteiger partial charge >= 0.3 is 6.18 Å². The molecule has 0 aromatic heterocycles. The van der Waals surface area contributed by atoms with Crippen molar-refractivity contribution in [3.8, 4) is 5.75 Å². The minimum atomic E-state index is -4.51. The minimum Gasteiger partial charge on any atom is -0.506 e. The molecule has 1 fully saturated rings. The summed E-state index contributed by atoms with van der Waals surface area (Å²) in [5.74, 6) is -0.400. The predicted molar refractivity (Wildman–Crippen MR) is 74.3 cm³/mol. The Bertz CT molecular complexity index is 484. The molecule has 1 aromatic rings. The average molecular weight is 352 g/mol. The second-order valence-electron chi connectivity index (χ2n) is 5.28. The fraction of sp³-hybridized carbons (Fsp3) is 0.571. The molecule has 1 saturated carbocycles. The van der Waals surface area contributed by atoms with Crippen molar-refractivity contribution in [3.05, 3.63) is 27.7 Å². The highest BCUT2D eigenvalue weighted by Gasteiger charge is 2.38. The Hall–Kier alpha value is -0.750. The zero-order valence-electron chi connectivity index (χ0n) is 10.9. The summed E-state index contributed by atoms with van der Waals surface area (Å²) in [5, 5.41) is 10.0. The van der Waals surface area contributed by atoms with Crippen LogP contribution in [0.25, 0.3) is 0 Å². The molecule has 0 aliphatic heterocycles. The van der Waals surface area contributed by atoms with Crippen LogP contribution in [0.4, 0.5) is 13.2 Å². The molecule has 2 rings (SSSR count). The van der Waals surface area contributed by atoms with Gasteiger partial charge in [-0.3, -0.25) is 0 Å². The molecular formula is C14H17BrF3NO. The number of hydrogen-bond donors (Lipinski definition) is 2. The number of halogens is 4. The van der Waals surface area contributed by atoms with Gasteiger partial charge in [-0.15, -0.1) is 0 Å². The lowest BCUT2D eigenvalue weighted by molar-refractivity contribution is -0.138. The summed E-state index contributed by atoms with van der Waals surface area (Å²) in [5.41, 5.74) is 5.04. The number of alkyl halides is 3. The molecule has 6 heteroatoms. The van der Waals surface area contributed by atoms with Gasteiger partial charge in [0.25, 0.3) is 0 Å². The molecule has 3 N–H and O–H groups in total. The smallest absolute Gasteiger partial charge is 0.416 e. The van der Waals surface area contributed by atoms with Crippen molar-refractivity contribution in [1.29, 1.82) is 0 Å². The van der Waals surface area contributed by atoms with E-state index >= 15 is 0 Å². The molecular weight excluding hydrogens is 335 g/mol. The zero-order chi connectivity index (χ0) is 14.9. The molecule has 20 heavy (non-hydrogen) atoms. The Kier molecular flexibility index (Phi) is 4.64. The van der Waals surface area contributed by atoms with Gasteiger partial charge in [0.15, 0.2) is 0 Å². The molecule has 1 atom stereocenters. The topological polar surface area (TPSA) is 46.2 Å². The van der Waals surface area contributed by atoms with E-state index in [0.717, 1.165) is 38.2 Å². The maximum atomic E-state index is 13.1. The highest BCUT2D eigenvalue weighted by atomic mass is 79.9. The van der Waals surface area contributed by atoms with E-state index in [1.165, 1.54) is 6.07 Å². The number of aromatic hydroxyl groups is 1. The number of nitrogens with two attached hydrogens (primary N) is 1. The van der Waals surface area contributed by atoms with Crippen LogP contribution >= 0.6 is 15.9 Å². The molecule has 0 saturated heterocycles. The van der Waals surface area contributed by atoms with Gasteiger partial charge in [0, 0.05) is 11.6 Å². The van der Waals surface area contributed by atoms with Crippen molar-refractivity contribution in [3.63, 3.8) is 0 Å². The summed E-state index contributed by atoms with van der Waals surface area (Å²) in [6.07, 6.45) is 0.164. The number of hydrogen-bond acceptors (Lipinski definition) is 2. The fourth-order valence-electron chi connectivity index (χ4n) is 2.90. The summed E-state index contributed by atoms with van der Waals surface area (Å²) >= 11 is 3.07. The summed E-state index contributed by atoms with van der Waals surface area (Å²) in [4.78, 5) is 0. The zero-order valence-corrected chi connectivity index (χ0v) is 12.5. The van der Waals surface area contributed by atoms with Gasteiger partial charge in [-0.05, 0) is 46.8 Å². The van der Waals surface area contributed by atoms with Crippen LogP contribution in [0.1, 0.15) is 49.3 Å². The van der Waals surface area contributed by atoms with E-state index in [9.17, 15) is 18.3 Å². The molecule has 0 unspecified atom stereocenters. The van der Waals surface area contributed by atoms with Crippen LogP contribution in [0.3, 0.4) is 0 Å². The van der Waals surface area contributed by atoms with E-state index in [2.05, 4.69) is 15.9 Å².